The number of benzene rings is 2. The van der Waals surface area contributed by atoms with E-state index in [-0.39, 0.29) is 69.4 Å². The summed E-state index contributed by atoms with van der Waals surface area (Å²) in [6.07, 6.45) is 4.36. The first-order valence-corrected chi connectivity index (χ1v) is 27.9. The van der Waals surface area contributed by atoms with Crippen molar-refractivity contribution >= 4 is 53.2 Å². The Morgan fingerprint density at radius 2 is 1.44 bits per heavy atom. The largest absolute Gasteiger partial charge is 0.493 e. The number of hydrogen-bond acceptors (Lipinski definition) is 15. The molecule has 2 N–H and O–H groups in total. The highest BCUT2D eigenvalue weighted by atomic mass is 16.5. The standard InChI is InChI=1S/C60H88N6O15/c1-38(2)30-43-55(72)63(10)28-17-16-23-52(69)79-37-60(8,9)53(70)57(74)66-29-18-15-22-45(66)58(75)81-47(26-24-40-25-27-48(76-13)49(32-40)77-14)41-20-19-21-42(33-41)78-36-51(68)64(11)34-50(67)61-44(31-39(3)4)56(73)65(12)46(54(71)62-43)35-80-59(5,6)7/h16,19-21,23,25,27,32-33,38-39,43-47H,15,17-18,22,24,26,28-31,34-37H2,1-14H3,(H,61,67)(H,62,71)/t43-,44-,45+,46+,47-/m1/s1. The van der Waals surface area contributed by atoms with Crippen LogP contribution in [-0.2, 0) is 63.8 Å². The number of methoxy groups -OCH3 is 2. The van der Waals surface area contributed by atoms with Crippen molar-refractivity contribution in [3.8, 4) is 17.2 Å². The first-order valence-electron chi connectivity index (χ1n) is 27.9. The van der Waals surface area contributed by atoms with Crippen LogP contribution in [0.3, 0.4) is 0 Å². The van der Waals surface area contributed by atoms with Crippen molar-refractivity contribution in [3.05, 3.63) is 65.7 Å². The third-order valence-corrected chi connectivity index (χ3v) is 13.9. The molecule has 0 aromatic heterocycles. The van der Waals surface area contributed by atoms with Crippen LogP contribution in [0.4, 0.5) is 0 Å². The predicted molar refractivity (Wildman–Crippen MR) is 302 cm³/mol. The number of fused-ring (bicyclic) bond motifs is 3. The Bertz CT molecular complexity index is 2560. The molecule has 2 aromatic rings. The van der Waals surface area contributed by atoms with Gasteiger partial charge < -0.3 is 58.7 Å². The Labute approximate surface area is 478 Å². The van der Waals surface area contributed by atoms with Gasteiger partial charge in [-0.3, -0.25) is 33.6 Å². The third kappa shape index (κ3) is 20.5. The summed E-state index contributed by atoms with van der Waals surface area (Å²) in [5.41, 5.74) is -0.878. The summed E-state index contributed by atoms with van der Waals surface area (Å²) in [4.78, 5) is 131. The number of carbonyl (C=O) groups is 9. The van der Waals surface area contributed by atoms with E-state index in [1.54, 1.807) is 58.2 Å². The molecule has 0 unspecified atom stereocenters. The van der Waals surface area contributed by atoms with E-state index in [1.807, 2.05) is 39.8 Å². The highest BCUT2D eigenvalue weighted by Gasteiger charge is 2.43. The molecule has 5 atom stereocenters. The van der Waals surface area contributed by atoms with Gasteiger partial charge in [0, 0.05) is 40.3 Å². The summed E-state index contributed by atoms with van der Waals surface area (Å²) in [5, 5.41) is 5.65. The number of cyclic esters (lactones) is 2. The van der Waals surface area contributed by atoms with Crippen LogP contribution in [0.15, 0.2) is 54.6 Å². The first kappa shape index (κ1) is 66.5. The molecule has 2 aromatic carbocycles. The number of hydrogen-bond donors (Lipinski definition) is 2. The number of piperidine rings is 1. The molecule has 0 spiro atoms. The highest BCUT2D eigenvalue weighted by Crippen LogP contribution is 2.33. The maximum absolute atomic E-state index is 14.5. The number of nitrogens with zero attached hydrogens (tertiary/aromatic N) is 4. The normalized spacial score (nSPS) is 22.6. The van der Waals surface area contributed by atoms with Crippen molar-refractivity contribution in [1.29, 1.82) is 0 Å². The number of Topliss-reactive ketones (excluding diaryl/α,β-unsaturated/α-hetero) is 1. The molecular weight excluding hydrogens is 1040 g/mol. The van der Waals surface area contributed by atoms with Gasteiger partial charge in [0.15, 0.2) is 18.1 Å². The van der Waals surface area contributed by atoms with Crippen molar-refractivity contribution in [2.24, 2.45) is 17.3 Å². The van der Waals surface area contributed by atoms with Gasteiger partial charge >= 0.3 is 11.9 Å². The van der Waals surface area contributed by atoms with Crippen molar-refractivity contribution in [3.63, 3.8) is 0 Å². The Kier molecular flexibility index (Phi) is 25.2. The SMILES string of the molecule is COc1ccc(CC[C@H]2OC(=O)[C@@H]3CCCCN3C(=O)C(=O)C(C)(C)COC(=O)C=CCCN(C)C(=O)[C@@H](CC(C)C)NC(=O)[C@H](COC(C)(C)C)N(C)C(=O)[C@@H](CC(C)C)NC(=O)CN(C)C(=O)COc3cccc2c3)cc1OC. The number of likely N-dealkylation sites (N-methyl/N-ethyl adjacent to an activating group) is 3. The number of aryl methyl sites for hydroxylation is 1. The molecule has 4 rings (SSSR count). The first-order chi connectivity index (χ1) is 38.0. The van der Waals surface area contributed by atoms with Gasteiger partial charge in [0.2, 0.25) is 29.4 Å². The summed E-state index contributed by atoms with van der Waals surface area (Å²) in [7, 11) is 7.47. The minimum absolute atomic E-state index is 0.0462. The van der Waals surface area contributed by atoms with Crippen LogP contribution in [-0.4, -0.2) is 177 Å². The number of esters is 2. The second-order valence-electron chi connectivity index (χ2n) is 23.4. The van der Waals surface area contributed by atoms with E-state index in [1.165, 1.54) is 69.0 Å². The molecule has 21 nitrogen and oxygen atoms in total. The zero-order valence-corrected chi connectivity index (χ0v) is 50.0. The average Bonchev–Trinajstić information content (AvgIpc) is 3.43. The number of rotatable bonds is 11. The van der Waals surface area contributed by atoms with Gasteiger partial charge in [-0.2, -0.15) is 0 Å². The summed E-state index contributed by atoms with van der Waals surface area (Å²) < 4.78 is 34.8. The van der Waals surface area contributed by atoms with Crippen molar-refractivity contribution in [2.75, 3.05) is 74.8 Å². The summed E-state index contributed by atoms with van der Waals surface area (Å²) in [6, 6.07) is 7.61. The Balaban J connectivity index is 1.71. The molecule has 0 saturated carbocycles. The molecule has 2 heterocycles. The fourth-order valence-corrected chi connectivity index (χ4v) is 9.22. The summed E-state index contributed by atoms with van der Waals surface area (Å²) >= 11 is 0. The van der Waals surface area contributed by atoms with E-state index < -0.39 is 114 Å². The minimum atomic E-state index is -1.49. The molecular formula is C60H88N6O15. The van der Waals surface area contributed by atoms with Crippen LogP contribution in [0.1, 0.15) is 124 Å². The molecule has 21 heteroatoms. The Hall–Kier alpha value is -7.03. The molecule has 1 fully saturated rings. The number of ketones is 1. The Morgan fingerprint density at radius 3 is 2.09 bits per heavy atom. The fourth-order valence-electron chi connectivity index (χ4n) is 9.22. The van der Waals surface area contributed by atoms with Gasteiger partial charge in [-0.1, -0.05) is 52.0 Å². The average molecular weight is 1130 g/mol. The topological polar surface area (TPSA) is 246 Å². The van der Waals surface area contributed by atoms with Gasteiger partial charge in [0.25, 0.3) is 11.8 Å². The summed E-state index contributed by atoms with van der Waals surface area (Å²) in [5.74, 6) is -5.05. The molecule has 448 valence electrons. The molecule has 1 saturated heterocycles. The molecule has 2 aliphatic rings. The van der Waals surface area contributed by atoms with Gasteiger partial charge in [-0.05, 0) is 133 Å². The lowest BCUT2D eigenvalue weighted by molar-refractivity contribution is -0.165. The maximum atomic E-state index is 14.5. The predicted octanol–water partition coefficient (Wildman–Crippen LogP) is 5.40. The van der Waals surface area contributed by atoms with Crippen LogP contribution in [0, 0.1) is 17.3 Å². The maximum Gasteiger partial charge on any atom is 0.330 e. The Morgan fingerprint density at radius 1 is 0.778 bits per heavy atom. The van der Waals surface area contributed by atoms with Gasteiger partial charge in [-0.15, -0.1) is 0 Å². The van der Waals surface area contributed by atoms with Gasteiger partial charge in [0.05, 0.1) is 38.4 Å². The van der Waals surface area contributed by atoms with Crippen LogP contribution in [0.5, 0.6) is 17.2 Å². The van der Waals surface area contributed by atoms with E-state index in [0.717, 1.165) is 10.5 Å². The van der Waals surface area contributed by atoms with Gasteiger partial charge in [-0.25, -0.2) is 9.59 Å². The van der Waals surface area contributed by atoms with E-state index in [9.17, 15) is 43.2 Å². The monoisotopic (exact) mass is 1130 g/mol. The van der Waals surface area contributed by atoms with E-state index in [2.05, 4.69) is 10.6 Å². The van der Waals surface area contributed by atoms with Crippen LogP contribution in [0.2, 0.25) is 0 Å². The lowest BCUT2D eigenvalue weighted by Gasteiger charge is -2.36. The van der Waals surface area contributed by atoms with Crippen LogP contribution >= 0.6 is 0 Å². The number of ether oxygens (including phenoxy) is 6. The van der Waals surface area contributed by atoms with Gasteiger partial charge in [0.1, 0.15) is 42.6 Å². The second-order valence-corrected chi connectivity index (χ2v) is 23.4. The van der Waals surface area contributed by atoms with Crippen LogP contribution in [0.25, 0.3) is 0 Å². The van der Waals surface area contributed by atoms with Crippen molar-refractivity contribution < 1.29 is 71.6 Å². The zero-order chi connectivity index (χ0) is 60.4. The third-order valence-electron chi connectivity index (χ3n) is 13.9. The smallest absolute Gasteiger partial charge is 0.330 e. The fraction of sp³-hybridized carbons (Fsp3) is 0.617. The van der Waals surface area contributed by atoms with Crippen molar-refractivity contribution in [1.82, 2.24) is 30.2 Å². The summed E-state index contributed by atoms with van der Waals surface area (Å²) in [6.45, 7) is 14.5. The highest BCUT2D eigenvalue weighted by molar-refractivity contribution is 6.38. The molecule has 81 heavy (non-hydrogen) atoms. The van der Waals surface area contributed by atoms with Crippen molar-refractivity contribution in [2.45, 2.75) is 150 Å². The second kappa shape index (κ2) is 30.7. The minimum Gasteiger partial charge on any atom is -0.493 e. The number of nitrogens with one attached hydrogen (secondary N) is 2. The lowest BCUT2D eigenvalue weighted by Crippen LogP contribution is -2.59. The van der Waals surface area contributed by atoms with E-state index in [4.69, 9.17) is 28.4 Å². The molecule has 2 bridgehead atoms. The zero-order valence-electron chi connectivity index (χ0n) is 50.0. The quantitative estimate of drug-likeness (QED) is 0.211. The van der Waals surface area contributed by atoms with Crippen LogP contribution < -0.4 is 24.8 Å². The molecule has 2 aliphatic heterocycles. The number of amides is 6. The molecule has 0 aliphatic carbocycles. The molecule has 6 amide bonds. The number of carbonyl (C=O) groups excluding carboxylic acids is 9. The molecule has 0 radical (unpaired) electrons. The lowest BCUT2D eigenvalue weighted by atomic mass is 9.87. The van der Waals surface area contributed by atoms with E-state index >= 15 is 0 Å². The van der Waals surface area contributed by atoms with E-state index in [0.29, 0.717) is 36.3 Å².